The standard InChI is InChI=1S/C34H36Cl6O14/c1-15-19(42)11-31(47)16(2)22(15)23(52-29(46)50-14-34(38,39)40)25(43)30(4)20(51-28(45)49-13-33(35,36)37)10-21-32(12-48-21,54-17(3)41)24(30)26(31)53-27(44)18-8-6-5-7-9-18/h5-9,15-16,19-21,24,26,42,47H,10-14H2,1-4H3/t15?,16-,19?,20?,21?,24?,26?,30+,31?,32-/m0/s1. The van der Waals surface area contributed by atoms with Crippen LogP contribution in [0.5, 0.6) is 0 Å². The maximum absolute atomic E-state index is 15.5. The first-order valence-corrected chi connectivity index (χ1v) is 18.8. The van der Waals surface area contributed by atoms with Gasteiger partial charge in [0.2, 0.25) is 13.4 Å². The zero-order valence-electron chi connectivity index (χ0n) is 29.0. The first kappa shape index (κ1) is 42.9. The molecule has 1 aromatic carbocycles. The average Bonchev–Trinajstić information content (AvgIpc) is 3.07. The molecule has 2 N–H and O–H groups in total. The van der Waals surface area contributed by atoms with E-state index < -0.39 is 122 Å². The number of allylic oxidation sites excluding steroid dienone is 1. The molecule has 4 aliphatic rings. The molecule has 3 fully saturated rings. The molecule has 14 nitrogen and oxygen atoms in total. The van der Waals surface area contributed by atoms with Crippen molar-refractivity contribution in [1.82, 2.24) is 0 Å². The maximum Gasteiger partial charge on any atom is 0.514 e. The quantitative estimate of drug-likeness (QED) is 0.185. The van der Waals surface area contributed by atoms with E-state index in [9.17, 15) is 29.4 Å². The zero-order valence-corrected chi connectivity index (χ0v) is 33.6. The molecular formula is C34H36Cl6O14. The molecule has 0 aromatic heterocycles. The van der Waals surface area contributed by atoms with E-state index in [0.29, 0.717) is 0 Å². The molecule has 0 spiro atoms. The molecule has 3 aliphatic carbocycles. The van der Waals surface area contributed by atoms with Crippen molar-refractivity contribution in [2.45, 2.75) is 83.7 Å². The lowest BCUT2D eigenvalue weighted by atomic mass is 9.47. The minimum absolute atomic E-state index is 0.0480. The van der Waals surface area contributed by atoms with Crippen LogP contribution in [0, 0.1) is 23.2 Å². The second kappa shape index (κ2) is 15.6. The second-order valence-corrected chi connectivity index (χ2v) is 19.0. The normalized spacial score (nSPS) is 34.8. The summed E-state index contributed by atoms with van der Waals surface area (Å²) in [6, 6.07) is 7.70. The molecule has 2 bridgehead atoms. The molecule has 20 heteroatoms. The van der Waals surface area contributed by atoms with Gasteiger partial charge in [-0.1, -0.05) is 102 Å². The number of benzene rings is 1. The highest BCUT2D eigenvalue weighted by atomic mass is 35.6. The van der Waals surface area contributed by atoms with Crippen molar-refractivity contribution in [3.63, 3.8) is 0 Å². The Morgan fingerprint density at radius 2 is 1.54 bits per heavy atom. The van der Waals surface area contributed by atoms with E-state index in [1.807, 2.05) is 0 Å². The fraction of sp³-hybridized carbons (Fsp3) is 0.618. The second-order valence-electron chi connectivity index (χ2n) is 13.9. The first-order chi connectivity index (χ1) is 24.9. The number of aliphatic hydroxyl groups is 2. The summed E-state index contributed by atoms with van der Waals surface area (Å²) in [5.41, 5.74) is -6.44. The number of hydrogen-bond donors (Lipinski definition) is 2. The van der Waals surface area contributed by atoms with Gasteiger partial charge in [-0.15, -0.1) is 0 Å². The summed E-state index contributed by atoms with van der Waals surface area (Å²) < 4.78 is 35.3. The van der Waals surface area contributed by atoms with Gasteiger partial charge in [-0.25, -0.2) is 14.4 Å². The van der Waals surface area contributed by atoms with Crippen molar-refractivity contribution in [2.24, 2.45) is 23.2 Å². The number of rotatable bonds is 7. The summed E-state index contributed by atoms with van der Waals surface area (Å²) in [4.78, 5) is 68.7. The number of carbonyl (C=O) groups excluding carboxylic acids is 5. The van der Waals surface area contributed by atoms with Gasteiger partial charge in [0.05, 0.1) is 29.6 Å². The minimum Gasteiger partial charge on any atom is -0.455 e. The minimum atomic E-state index is -2.31. The number of carbonyl (C=O) groups is 5. The molecule has 0 amide bonds. The van der Waals surface area contributed by atoms with E-state index in [1.165, 1.54) is 32.9 Å². The number of Topliss-reactive ketones (excluding diaryl/α,β-unsaturated/α-hetero) is 1. The van der Waals surface area contributed by atoms with Gasteiger partial charge in [0.25, 0.3) is 0 Å². The molecule has 298 valence electrons. The fourth-order valence-electron chi connectivity index (χ4n) is 8.09. The van der Waals surface area contributed by atoms with Crippen LogP contribution in [0.15, 0.2) is 41.7 Å². The van der Waals surface area contributed by atoms with Crippen molar-refractivity contribution in [1.29, 1.82) is 0 Å². The predicted octanol–water partition coefficient (Wildman–Crippen LogP) is 5.96. The van der Waals surface area contributed by atoms with Gasteiger partial charge in [-0.3, -0.25) is 9.59 Å². The van der Waals surface area contributed by atoms with Crippen molar-refractivity contribution in [3.8, 4) is 0 Å². The average molecular weight is 881 g/mol. The van der Waals surface area contributed by atoms with Gasteiger partial charge < -0.3 is 43.4 Å². The Balaban J connectivity index is 1.78. The van der Waals surface area contributed by atoms with Gasteiger partial charge in [-0.05, 0) is 24.6 Å². The summed E-state index contributed by atoms with van der Waals surface area (Å²) in [6.45, 7) is 3.43. The molecular weight excluding hydrogens is 845 g/mol. The molecule has 1 aromatic rings. The maximum atomic E-state index is 15.5. The van der Waals surface area contributed by atoms with Crippen LogP contribution in [0.4, 0.5) is 9.59 Å². The van der Waals surface area contributed by atoms with E-state index >= 15 is 4.79 Å². The molecule has 1 heterocycles. The molecule has 1 aliphatic heterocycles. The number of hydrogen-bond acceptors (Lipinski definition) is 14. The summed E-state index contributed by atoms with van der Waals surface area (Å²) in [6.07, 6.45) is -9.75. The Hall–Kier alpha value is -2.27. The van der Waals surface area contributed by atoms with E-state index in [0.717, 1.165) is 6.92 Å². The summed E-state index contributed by atoms with van der Waals surface area (Å²) in [5.74, 6) is -7.44. The molecule has 7 unspecified atom stereocenters. The summed E-state index contributed by atoms with van der Waals surface area (Å²) in [7, 11) is 0. The third-order valence-electron chi connectivity index (χ3n) is 10.6. The number of fused-ring (bicyclic) bond motifs is 5. The number of alkyl halides is 6. The van der Waals surface area contributed by atoms with Crippen LogP contribution in [0.25, 0.3) is 0 Å². The fourth-order valence-corrected chi connectivity index (χ4v) is 8.42. The number of esters is 2. The van der Waals surface area contributed by atoms with E-state index in [-0.39, 0.29) is 24.2 Å². The van der Waals surface area contributed by atoms with Crippen LogP contribution in [0.1, 0.15) is 50.9 Å². The largest absolute Gasteiger partial charge is 0.514 e. The van der Waals surface area contributed by atoms with Gasteiger partial charge in [0, 0.05) is 31.6 Å². The van der Waals surface area contributed by atoms with E-state index in [1.54, 1.807) is 18.2 Å². The van der Waals surface area contributed by atoms with Crippen molar-refractivity contribution < 1.29 is 67.3 Å². The van der Waals surface area contributed by atoms with Crippen LogP contribution < -0.4 is 0 Å². The number of aliphatic hydroxyl groups excluding tert-OH is 1. The van der Waals surface area contributed by atoms with Crippen molar-refractivity contribution in [3.05, 3.63) is 47.2 Å². The van der Waals surface area contributed by atoms with Crippen LogP contribution in [0.3, 0.4) is 0 Å². The molecule has 10 atom stereocenters. The summed E-state index contributed by atoms with van der Waals surface area (Å²) in [5, 5.41) is 24.5. The number of halogens is 6. The lowest BCUT2D eigenvalue weighted by Crippen LogP contribution is -2.80. The molecule has 2 saturated carbocycles. The van der Waals surface area contributed by atoms with Crippen LogP contribution >= 0.6 is 69.6 Å². The van der Waals surface area contributed by atoms with Gasteiger partial charge in [-0.2, -0.15) is 0 Å². The van der Waals surface area contributed by atoms with Crippen LogP contribution in [-0.2, 0) is 42.7 Å². The Morgan fingerprint density at radius 3 is 2.07 bits per heavy atom. The third kappa shape index (κ3) is 8.24. The Bertz CT molecular complexity index is 1700. The molecule has 1 saturated heterocycles. The first-order valence-electron chi connectivity index (χ1n) is 16.5. The van der Waals surface area contributed by atoms with Gasteiger partial charge in [0.15, 0.2) is 11.4 Å². The SMILES string of the molecule is CC(=O)O[C@@]12COC1CC(OC(=O)OCC(Cl)(Cl)Cl)[C@@]1(C)C(=O)C(OC(=O)OCC(Cl)(Cl)Cl)=C3C(C)C(O)CC(O)(C(OC(=O)c4ccccc4)C21)[C@H]3C. The Morgan fingerprint density at radius 1 is 0.944 bits per heavy atom. The highest BCUT2D eigenvalue weighted by Crippen LogP contribution is 2.63. The Labute approximate surface area is 339 Å². The summed E-state index contributed by atoms with van der Waals surface area (Å²) >= 11 is 34.6. The van der Waals surface area contributed by atoms with Crippen LogP contribution in [0.2, 0.25) is 0 Å². The van der Waals surface area contributed by atoms with E-state index in [2.05, 4.69) is 0 Å². The predicted molar refractivity (Wildman–Crippen MR) is 191 cm³/mol. The zero-order chi connectivity index (χ0) is 40.2. The van der Waals surface area contributed by atoms with Crippen molar-refractivity contribution >= 4 is 99.6 Å². The van der Waals surface area contributed by atoms with E-state index in [4.69, 9.17) is 103 Å². The monoisotopic (exact) mass is 878 g/mol. The lowest BCUT2D eigenvalue weighted by Gasteiger charge is -2.65. The third-order valence-corrected chi connectivity index (χ3v) is 11.3. The topological polar surface area (TPSA) is 190 Å². The van der Waals surface area contributed by atoms with Gasteiger partial charge in [0.1, 0.15) is 37.1 Å². The molecule has 54 heavy (non-hydrogen) atoms. The van der Waals surface area contributed by atoms with Crippen LogP contribution in [-0.4, -0.2) is 103 Å². The highest BCUT2D eigenvalue weighted by Gasteiger charge is 2.77. The van der Waals surface area contributed by atoms with Gasteiger partial charge >= 0.3 is 24.2 Å². The molecule has 0 radical (unpaired) electrons. The van der Waals surface area contributed by atoms with Crippen molar-refractivity contribution in [2.75, 3.05) is 19.8 Å². The Kier molecular flexibility index (Phi) is 12.4. The lowest BCUT2D eigenvalue weighted by molar-refractivity contribution is -0.342. The smallest absolute Gasteiger partial charge is 0.455 e. The molecule has 5 rings (SSSR count). The number of ether oxygens (including phenoxy) is 7. The number of ketones is 1. The highest BCUT2D eigenvalue weighted by molar-refractivity contribution is 6.68.